The van der Waals surface area contributed by atoms with Gasteiger partial charge in [0.1, 0.15) is 5.01 Å². The Labute approximate surface area is 165 Å². The van der Waals surface area contributed by atoms with Crippen molar-refractivity contribution in [3.63, 3.8) is 0 Å². The van der Waals surface area contributed by atoms with E-state index in [1.165, 1.54) is 61.8 Å². The molecule has 144 valence electrons. The molecule has 2 aromatic rings. The van der Waals surface area contributed by atoms with E-state index in [2.05, 4.69) is 45.1 Å². The molecule has 0 spiro atoms. The monoisotopic (exact) mass is 384 g/mol. The van der Waals surface area contributed by atoms with Crippen LogP contribution in [0.25, 0.3) is 0 Å². The van der Waals surface area contributed by atoms with Crippen LogP contribution in [0.3, 0.4) is 0 Å². The van der Waals surface area contributed by atoms with Gasteiger partial charge in [0.2, 0.25) is 11.0 Å². The second-order valence-electron chi connectivity index (χ2n) is 7.77. The van der Waals surface area contributed by atoms with Crippen LogP contribution >= 0.6 is 11.3 Å². The van der Waals surface area contributed by atoms with Crippen molar-refractivity contribution in [3.05, 3.63) is 40.4 Å². The van der Waals surface area contributed by atoms with E-state index in [1.807, 2.05) is 0 Å². The maximum Gasteiger partial charge on any atom is 0.230 e. The number of rotatable bonds is 5. The zero-order valence-corrected chi connectivity index (χ0v) is 16.6. The minimum Gasteiger partial charge on any atom is -0.317 e. The normalized spacial score (nSPS) is 19.1. The number of carbonyl (C=O) groups is 1. The Balaban J connectivity index is 1.30. The van der Waals surface area contributed by atoms with Gasteiger partial charge in [-0.3, -0.25) is 4.79 Å². The summed E-state index contributed by atoms with van der Waals surface area (Å²) in [5.74, 6) is 1.16. The number of carbonyl (C=O) groups excluding carboxylic acids is 1. The quantitative estimate of drug-likeness (QED) is 0.809. The van der Waals surface area contributed by atoms with Crippen LogP contribution in [0, 0.1) is 0 Å². The summed E-state index contributed by atoms with van der Waals surface area (Å²) in [6.45, 7) is 2.19. The van der Waals surface area contributed by atoms with Gasteiger partial charge in [-0.1, -0.05) is 54.9 Å². The average molecular weight is 385 g/mol. The molecule has 1 aromatic heterocycles. The molecule has 5 nitrogen and oxygen atoms in total. The van der Waals surface area contributed by atoms with Crippen LogP contribution in [0.5, 0.6) is 0 Å². The van der Waals surface area contributed by atoms with Crippen molar-refractivity contribution in [1.82, 2.24) is 15.5 Å². The van der Waals surface area contributed by atoms with Crippen LogP contribution in [-0.4, -0.2) is 29.2 Å². The summed E-state index contributed by atoms with van der Waals surface area (Å²) >= 11 is 1.54. The zero-order valence-electron chi connectivity index (χ0n) is 15.7. The SMILES string of the molecule is O=C(Cc1ccc(C2CCNCC2)cc1)Nc1nnc(C2CCCCC2)s1. The number of nitrogens with zero attached hydrogens (tertiary/aromatic N) is 2. The lowest BCUT2D eigenvalue weighted by molar-refractivity contribution is -0.115. The van der Waals surface area contributed by atoms with Crippen LogP contribution in [0.15, 0.2) is 24.3 Å². The van der Waals surface area contributed by atoms with Gasteiger partial charge >= 0.3 is 0 Å². The van der Waals surface area contributed by atoms with Crippen molar-refractivity contribution in [2.75, 3.05) is 18.4 Å². The molecule has 1 aromatic carbocycles. The lowest BCUT2D eigenvalue weighted by atomic mass is 9.89. The van der Waals surface area contributed by atoms with E-state index >= 15 is 0 Å². The second kappa shape index (κ2) is 8.93. The fraction of sp³-hybridized carbons (Fsp3) is 0.571. The highest BCUT2D eigenvalue weighted by atomic mass is 32.1. The Bertz CT molecular complexity index is 746. The second-order valence-corrected chi connectivity index (χ2v) is 8.78. The van der Waals surface area contributed by atoms with Crippen molar-refractivity contribution in [1.29, 1.82) is 0 Å². The molecule has 2 aliphatic rings. The van der Waals surface area contributed by atoms with E-state index < -0.39 is 0 Å². The first-order valence-corrected chi connectivity index (χ1v) is 11.0. The fourth-order valence-corrected chi connectivity index (χ4v) is 5.14. The van der Waals surface area contributed by atoms with Gasteiger partial charge in [-0.05, 0) is 55.8 Å². The predicted octanol–water partition coefficient (Wildman–Crippen LogP) is 4.23. The molecular weight excluding hydrogens is 356 g/mol. The maximum atomic E-state index is 12.4. The minimum atomic E-state index is -0.0176. The molecule has 2 fully saturated rings. The summed E-state index contributed by atoms with van der Waals surface area (Å²) in [5, 5.41) is 16.5. The van der Waals surface area contributed by atoms with Gasteiger partial charge in [0.15, 0.2) is 0 Å². The molecule has 0 atom stereocenters. The molecule has 0 unspecified atom stereocenters. The molecule has 1 aliphatic carbocycles. The van der Waals surface area contributed by atoms with E-state index in [-0.39, 0.29) is 5.91 Å². The van der Waals surface area contributed by atoms with Gasteiger partial charge in [-0.2, -0.15) is 0 Å². The van der Waals surface area contributed by atoms with Crippen LogP contribution in [-0.2, 0) is 11.2 Å². The van der Waals surface area contributed by atoms with Gasteiger partial charge < -0.3 is 10.6 Å². The van der Waals surface area contributed by atoms with Gasteiger partial charge in [0.05, 0.1) is 6.42 Å². The number of amides is 1. The Morgan fingerprint density at radius 2 is 1.74 bits per heavy atom. The first-order valence-electron chi connectivity index (χ1n) is 10.2. The van der Waals surface area contributed by atoms with Gasteiger partial charge in [0, 0.05) is 5.92 Å². The summed E-state index contributed by atoms with van der Waals surface area (Å²) in [6, 6.07) is 8.55. The molecule has 1 saturated carbocycles. The third-order valence-corrected chi connectivity index (χ3v) is 6.80. The van der Waals surface area contributed by atoms with Crippen LogP contribution in [0.1, 0.15) is 72.9 Å². The van der Waals surface area contributed by atoms with Crippen molar-refractivity contribution in [2.45, 2.75) is 63.2 Å². The van der Waals surface area contributed by atoms with Crippen LogP contribution in [0.2, 0.25) is 0 Å². The van der Waals surface area contributed by atoms with E-state index in [4.69, 9.17) is 0 Å². The summed E-state index contributed by atoms with van der Waals surface area (Å²) in [7, 11) is 0. The van der Waals surface area contributed by atoms with Crippen molar-refractivity contribution >= 4 is 22.4 Å². The van der Waals surface area contributed by atoms with Crippen molar-refractivity contribution in [3.8, 4) is 0 Å². The van der Waals surface area contributed by atoms with Crippen LogP contribution < -0.4 is 10.6 Å². The predicted molar refractivity (Wildman–Crippen MR) is 109 cm³/mol. The van der Waals surface area contributed by atoms with Gasteiger partial charge in [-0.25, -0.2) is 0 Å². The molecule has 2 heterocycles. The Morgan fingerprint density at radius 1 is 1.00 bits per heavy atom. The first-order chi connectivity index (χ1) is 13.3. The van der Waals surface area contributed by atoms with E-state index in [1.54, 1.807) is 0 Å². The molecule has 1 saturated heterocycles. The molecule has 0 radical (unpaired) electrons. The van der Waals surface area contributed by atoms with E-state index in [0.29, 0.717) is 23.4 Å². The maximum absolute atomic E-state index is 12.4. The largest absolute Gasteiger partial charge is 0.317 e. The smallest absolute Gasteiger partial charge is 0.230 e. The first kappa shape index (κ1) is 18.6. The standard InChI is InChI=1S/C21H28N4OS/c26-19(23-21-25-24-20(27-21)18-4-2-1-3-5-18)14-15-6-8-16(9-7-15)17-10-12-22-13-11-17/h6-9,17-18,22H,1-5,10-14H2,(H,23,25,26). The minimum absolute atomic E-state index is 0.0176. The molecule has 6 heteroatoms. The zero-order chi connectivity index (χ0) is 18.5. The van der Waals surface area contributed by atoms with Crippen molar-refractivity contribution in [2.24, 2.45) is 0 Å². The van der Waals surface area contributed by atoms with Gasteiger partial charge in [-0.15, -0.1) is 10.2 Å². The molecule has 27 heavy (non-hydrogen) atoms. The summed E-state index contributed by atoms with van der Waals surface area (Å²) in [4.78, 5) is 12.4. The Hall–Kier alpha value is -1.79. The Kier molecular flexibility index (Phi) is 6.14. The van der Waals surface area contributed by atoms with Gasteiger partial charge in [0.25, 0.3) is 0 Å². The van der Waals surface area contributed by atoms with E-state index in [9.17, 15) is 4.79 Å². The third-order valence-electron chi connectivity index (χ3n) is 5.80. The number of aromatic nitrogens is 2. The summed E-state index contributed by atoms with van der Waals surface area (Å²) in [5.41, 5.74) is 2.43. The number of nitrogens with one attached hydrogen (secondary N) is 2. The summed E-state index contributed by atoms with van der Waals surface area (Å²) < 4.78 is 0. The highest BCUT2D eigenvalue weighted by Crippen LogP contribution is 2.35. The van der Waals surface area contributed by atoms with Crippen molar-refractivity contribution < 1.29 is 4.79 Å². The average Bonchev–Trinajstić information content (AvgIpc) is 3.18. The molecule has 1 aliphatic heterocycles. The van der Waals surface area contributed by atoms with E-state index in [0.717, 1.165) is 23.7 Å². The highest BCUT2D eigenvalue weighted by molar-refractivity contribution is 7.15. The molecule has 1 amide bonds. The number of hydrogen-bond acceptors (Lipinski definition) is 5. The summed E-state index contributed by atoms with van der Waals surface area (Å²) in [6.07, 6.45) is 9.05. The molecular formula is C21H28N4OS. The lowest BCUT2D eigenvalue weighted by Gasteiger charge is -2.23. The number of piperidine rings is 1. The Morgan fingerprint density at radius 3 is 2.48 bits per heavy atom. The molecule has 2 N–H and O–H groups in total. The lowest BCUT2D eigenvalue weighted by Crippen LogP contribution is -2.26. The third kappa shape index (κ3) is 4.93. The number of anilines is 1. The topological polar surface area (TPSA) is 66.9 Å². The highest BCUT2D eigenvalue weighted by Gasteiger charge is 2.20. The number of hydrogen-bond donors (Lipinski definition) is 2. The fourth-order valence-electron chi connectivity index (χ4n) is 4.21. The molecule has 0 bridgehead atoms. The van der Waals surface area contributed by atoms with Crippen LogP contribution in [0.4, 0.5) is 5.13 Å². The number of benzene rings is 1. The molecule has 4 rings (SSSR count).